The van der Waals surface area contributed by atoms with Gasteiger partial charge in [0, 0.05) is 31.9 Å². The number of piperidine rings is 1. The molecule has 0 bridgehead atoms. The first-order valence-corrected chi connectivity index (χ1v) is 10.2. The Balaban J connectivity index is 1.50. The van der Waals surface area contributed by atoms with Crippen LogP contribution in [0, 0.1) is 17.6 Å². The quantitative estimate of drug-likeness (QED) is 0.858. The summed E-state index contributed by atoms with van der Waals surface area (Å²) in [5, 5.41) is 0. The molecule has 140 valence electrons. The molecule has 8 heteroatoms. The Bertz CT molecular complexity index is 685. The zero-order valence-electron chi connectivity index (χ0n) is 14.1. The molecule has 5 nitrogen and oxygen atoms in total. The van der Waals surface area contributed by atoms with E-state index < -0.39 is 26.6 Å². The average molecular weight is 374 g/mol. The van der Waals surface area contributed by atoms with E-state index in [1.807, 2.05) is 0 Å². The van der Waals surface area contributed by atoms with Crippen molar-refractivity contribution in [2.24, 2.45) is 5.92 Å². The van der Waals surface area contributed by atoms with Crippen molar-refractivity contribution >= 4 is 10.0 Å². The maximum Gasteiger partial charge on any atom is 0.243 e. The third-order valence-electron chi connectivity index (χ3n) is 5.10. The van der Waals surface area contributed by atoms with Gasteiger partial charge in [-0.15, -0.1) is 0 Å². The van der Waals surface area contributed by atoms with Crippen molar-refractivity contribution < 1.29 is 21.9 Å². The zero-order chi connectivity index (χ0) is 17.9. The van der Waals surface area contributed by atoms with Crippen LogP contribution in [0.5, 0.6) is 0 Å². The first-order valence-electron chi connectivity index (χ1n) is 8.72. The van der Waals surface area contributed by atoms with Gasteiger partial charge in [0.25, 0.3) is 0 Å². The number of nitrogens with one attached hydrogen (secondary N) is 1. The fourth-order valence-corrected chi connectivity index (χ4v) is 4.74. The highest BCUT2D eigenvalue weighted by molar-refractivity contribution is 7.89. The molecule has 2 aliphatic heterocycles. The highest BCUT2D eigenvalue weighted by Crippen LogP contribution is 2.23. The summed E-state index contributed by atoms with van der Waals surface area (Å²) >= 11 is 0. The van der Waals surface area contributed by atoms with Crippen molar-refractivity contribution in [3.63, 3.8) is 0 Å². The molecular weight excluding hydrogens is 350 g/mol. The Kier molecular flexibility index (Phi) is 6.04. The topological polar surface area (TPSA) is 58.6 Å². The van der Waals surface area contributed by atoms with Crippen LogP contribution in [0.1, 0.15) is 25.7 Å². The molecule has 2 fully saturated rings. The fraction of sp³-hybridized carbons (Fsp3) is 0.647. The lowest BCUT2D eigenvalue weighted by Gasteiger charge is -2.39. The molecular formula is C17H24F2N2O3S. The first kappa shape index (κ1) is 18.7. The summed E-state index contributed by atoms with van der Waals surface area (Å²) in [6.07, 6.45) is 3.93. The van der Waals surface area contributed by atoms with E-state index in [9.17, 15) is 17.2 Å². The van der Waals surface area contributed by atoms with Gasteiger partial charge < -0.3 is 9.64 Å². The van der Waals surface area contributed by atoms with Gasteiger partial charge in [-0.2, -0.15) is 0 Å². The molecule has 1 N–H and O–H groups in total. The third-order valence-corrected chi connectivity index (χ3v) is 6.56. The van der Waals surface area contributed by atoms with E-state index in [-0.39, 0.29) is 12.5 Å². The minimum atomic E-state index is -3.96. The zero-order valence-corrected chi connectivity index (χ0v) is 14.9. The maximum absolute atomic E-state index is 13.7. The van der Waals surface area contributed by atoms with Gasteiger partial charge in [-0.05, 0) is 56.8 Å². The van der Waals surface area contributed by atoms with Crippen molar-refractivity contribution in [2.45, 2.75) is 36.6 Å². The molecule has 3 rings (SSSR count). The normalized spacial score (nSPS) is 21.5. The molecule has 0 aliphatic carbocycles. The molecule has 2 heterocycles. The average Bonchev–Trinajstić information content (AvgIpc) is 2.61. The molecule has 1 aromatic rings. The van der Waals surface area contributed by atoms with Crippen LogP contribution < -0.4 is 4.72 Å². The number of hydrogen-bond acceptors (Lipinski definition) is 4. The molecule has 0 aromatic heterocycles. The van der Waals surface area contributed by atoms with Gasteiger partial charge in [0.15, 0.2) is 0 Å². The van der Waals surface area contributed by atoms with Crippen molar-refractivity contribution in [1.29, 1.82) is 0 Å². The predicted molar refractivity (Wildman–Crippen MR) is 89.7 cm³/mol. The largest absolute Gasteiger partial charge is 0.381 e. The van der Waals surface area contributed by atoms with Crippen molar-refractivity contribution in [3.8, 4) is 0 Å². The lowest BCUT2D eigenvalue weighted by atomic mass is 9.94. The Morgan fingerprint density at radius 3 is 2.44 bits per heavy atom. The maximum atomic E-state index is 13.7. The summed E-state index contributed by atoms with van der Waals surface area (Å²) < 4.78 is 58.9. The van der Waals surface area contributed by atoms with Crippen LogP contribution in [0.15, 0.2) is 23.1 Å². The lowest BCUT2D eigenvalue weighted by Crippen LogP contribution is -2.45. The highest BCUT2D eigenvalue weighted by Gasteiger charge is 2.27. The van der Waals surface area contributed by atoms with Crippen LogP contribution in [0.4, 0.5) is 8.78 Å². The molecule has 2 saturated heterocycles. The van der Waals surface area contributed by atoms with Crippen LogP contribution in [-0.2, 0) is 14.8 Å². The number of rotatable bonds is 5. The minimum absolute atomic E-state index is 0.231. The van der Waals surface area contributed by atoms with E-state index in [0.717, 1.165) is 64.1 Å². The molecule has 0 amide bonds. The van der Waals surface area contributed by atoms with Gasteiger partial charge >= 0.3 is 0 Å². The molecule has 0 atom stereocenters. The summed E-state index contributed by atoms with van der Waals surface area (Å²) in [5.41, 5.74) is 0. The Morgan fingerprint density at radius 1 is 1.12 bits per heavy atom. The molecule has 1 aromatic carbocycles. The summed E-state index contributed by atoms with van der Waals surface area (Å²) in [6.45, 7) is 3.80. The molecule has 0 radical (unpaired) electrons. The number of hydrogen-bond donors (Lipinski definition) is 1. The summed E-state index contributed by atoms with van der Waals surface area (Å²) in [4.78, 5) is 1.96. The number of benzene rings is 1. The monoisotopic (exact) mass is 374 g/mol. The Hall–Kier alpha value is -1.09. The van der Waals surface area contributed by atoms with Crippen LogP contribution in [0.3, 0.4) is 0 Å². The molecule has 25 heavy (non-hydrogen) atoms. The van der Waals surface area contributed by atoms with E-state index in [1.54, 1.807) is 0 Å². The Morgan fingerprint density at radius 2 is 1.80 bits per heavy atom. The van der Waals surface area contributed by atoms with Crippen molar-refractivity contribution in [1.82, 2.24) is 9.62 Å². The van der Waals surface area contributed by atoms with Crippen LogP contribution in [0.25, 0.3) is 0 Å². The number of likely N-dealkylation sites (tertiary alicyclic amines) is 1. The SMILES string of the molecule is O=S(=O)(NCC1CCN(C2CCOCC2)CC1)c1ccc(F)cc1F. The van der Waals surface area contributed by atoms with Gasteiger partial charge in [-0.1, -0.05) is 0 Å². The van der Waals surface area contributed by atoms with Gasteiger partial charge in [-0.25, -0.2) is 21.9 Å². The van der Waals surface area contributed by atoms with E-state index in [0.29, 0.717) is 12.1 Å². The third kappa shape index (κ3) is 4.75. The van der Waals surface area contributed by atoms with Crippen LogP contribution in [-0.4, -0.2) is 52.2 Å². The van der Waals surface area contributed by atoms with Crippen molar-refractivity contribution in [3.05, 3.63) is 29.8 Å². The molecule has 2 aliphatic rings. The number of ether oxygens (including phenoxy) is 1. The van der Waals surface area contributed by atoms with Gasteiger partial charge in [0.2, 0.25) is 10.0 Å². The lowest BCUT2D eigenvalue weighted by molar-refractivity contribution is 0.0214. The standard InChI is InChI=1S/C17H24F2N2O3S/c18-14-1-2-17(16(19)11-14)25(22,23)20-12-13-3-7-21(8-4-13)15-5-9-24-10-6-15/h1-2,11,13,15,20H,3-10,12H2. The fourth-order valence-electron chi connectivity index (χ4n) is 3.57. The summed E-state index contributed by atoms with van der Waals surface area (Å²) in [7, 11) is -3.96. The van der Waals surface area contributed by atoms with E-state index in [4.69, 9.17) is 4.74 Å². The van der Waals surface area contributed by atoms with Gasteiger partial charge in [0.1, 0.15) is 16.5 Å². The van der Waals surface area contributed by atoms with Crippen LogP contribution in [0.2, 0.25) is 0 Å². The summed E-state index contributed by atoms with van der Waals surface area (Å²) in [5.74, 6) is -1.63. The van der Waals surface area contributed by atoms with Gasteiger partial charge in [-0.3, -0.25) is 0 Å². The van der Waals surface area contributed by atoms with Crippen LogP contribution >= 0.6 is 0 Å². The smallest absolute Gasteiger partial charge is 0.243 e. The molecule has 0 saturated carbocycles. The predicted octanol–water partition coefficient (Wildman–Crippen LogP) is 2.13. The number of halogens is 2. The number of nitrogens with zero attached hydrogens (tertiary/aromatic N) is 1. The van der Waals surface area contributed by atoms with E-state index in [2.05, 4.69) is 9.62 Å². The Labute approximate surface area is 147 Å². The second-order valence-corrected chi connectivity index (χ2v) is 8.48. The second-order valence-electron chi connectivity index (χ2n) is 6.75. The van der Waals surface area contributed by atoms with Gasteiger partial charge in [0.05, 0.1) is 0 Å². The first-order chi connectivity index (χ1) is 12.0. The highest BCUT2D eigenvalue weighted by atomic mass is 32.2. The van der Waals surface area contributed by atoms with E-state index in [1.165, 1.54) is 0 Å². The number of sulfonamides is 1. The summed E-state index contributed by atoms with van der Waals surface area (Å²) in [6, 6.07) is 3.06. The molecule has 0 unspecified atom stereocenters. The minimum Gasteiger partial charge on any atom is -0.381 e. The van der Waals surface area contributed by atoms with E-state index >= 15 is 0 Å². The van der Waals surface area contributed by atoms with Crippen molar-refractivity contribution in [2.75, 3.05) is 32.8 Å². The molecule has 0 spiro atoms. The second kappa shape index (κ2) is 8.07.